The minimum absolute atomic E-state index is 0.197. The van der Waals surface area contributed by atoms with Crippen molar-refractivity contribution in [3.8, 4) is 0 Å². The smallest absolute Gasteiger partial charge is 0.123 e. The largest absolute Gasteiger partial charge is 0.393 e. The lowest BCUT2D eigenvalue weighted by molar-refractivity contribution is 0.0598. The van der Waals surface area contributed by atoms with E-state index in [0.29, 0.717) is 5.92 Å². The second kappa shape index (κ2) is 6.13. The van der Waals surface area contributed by atoms with Crippen molar-refractivity contribution in [2.24, 2.45) is 5.92 Å². The van der Waals surface area contributed by atoms with Gasteiger partial charge in [-0.05, 0) is 56.0 Å². The minimum atomic E-state index is -0.260. The molecule has 2 atom stereocenters. The molecule has 1 aliphatic heterocycles. The second-order valence-corrected chi connectivity index (χ2v) is 5.97. The Morgan fingerprint density at radius 3 is 3.06 bits per heavy atom. The molecule has 2 unspecified atom stereocenters. The van der Waals surface area contributed by atoms with Crippen molar-refractivity contribution in [1.82, 2.24) is 4.90 Å². The van der Waals surface area contributed by atoms with Crippen LogP contribution >= 0.6 is 15.9 Å². The molecule has 0 aliphatic carbocycles. The van der Waals surface area contributed by atoms with E-state index >= 15 is 0 Å². The third kappa shape index (κ3) is 3.53. The highest BCUT2D eigenvalue weighted by Gasteiger charge is 2.23. The van der Waals surface area contributed by atoms with E-state index in [4.69, 9.17) is 0 Å². The summed E-state index contributed by atoms with van der Waals surface area (Å²) in [6.07, 6.45) is 1.92. The number of piperidine rings is 1. The summed E-state index contributed by atoms with van der Waals surface area (Å²) < 4.78 is 14.2. The molecule has 0 spiro atoms. The normalized spacial score (nSPS) is 23.0. The van der Waals surface area contributed by atoms with E-state index in [1.54, 1.807) is 12.1 Å². The minimum Gasteiger partial charge on any atom is -0.393 e. The van der Waals surface area contributed by atoms with Gasteiger partial charge >= 0.3 is 0 Å². The molecule has 100 valence electrons. The fourth-order valence-corrected chi connectivity index (χ4v) is 2.91. The lowest BCUT2D eigenvalue weighted by Crippen LogP contribution is -2.39. The summed E-state index contributed by atoms with van der Waals surface area (Å²) in [4.78, 5) is 2.29. The Hall–Kier alpha value is -0.450. The van der Waals surface area contributed by atoms with Crippen LogP contribution in [0.2, 0.25) is 0 Å². The predicted molar refractivity (Wildman–Crippen MR) is 73.8 cm³/mol. The summed E-state index contributed by atoms with van der Waals surface area (Å²) in [7, 11) is 0. The van der Waals surface area contributed by atoms with Crippen LogP contribution in [0.5, 0.6) is 0 Å². The maximum absolute atomic E-state index is 13.2. The summed E-state index contributed by atoms with van der Waals surface area (Å²) in [5.41, 5.74) is 0.973. The molecule has 2 nitrogen and oxygen atoms in total. The predicted octanol–water partition coefficient (Wildman–Crippen LogP) is 3.18. The number of hydrogen-bond acceptors (Lipinski definition) is 2. The van der Waals surface area contributed by atoms with Crippen LogP contribution in [-0.4, -0.2) is 29.2 Å². The molecule has 0 aromatic heterocycles. The van der Waals surface area contributed by atoms with Crippen molar-refractivity contribution in [1.29, 1.82) is 0 Å². The molecule has 1 N–H and O–H groups in total. The maximum Gasteiger partial charge on any atom is 0.123 e. The number of aliphatic hydroxyl groups is 1. The van der Waals surface area contributed by atoms with Gasteiger partial charge in [0.05, 0.1) is 6.10 Å². The Balaban J connectivity index is 2.02. The van der Waals surface area contributed by atoms with Crippen LogP contribution in [0.25, 0.3) is 0 Å². The van der Waals surface area contributed by atoms with Crippen molar-refractivity contribution in [3.63, 3.8) is 0 Å². The van der Waals surface area contributed by atoms with Crippen LogP contribution in [0.4, 0.5) is 4.39 Å². The Morgan fingerprint density at radius 2 is 2.33 bits per heavy atom. The summed E-state index contributed by atoms with van der Waals surface area (Å²) in [6.45, 7) is 4.50. The van der Waals surface area contributed by atoms with Gasteiger partial charge in [0, 0.05) is 17.6 Å². The van der Waals surface area contributed by atoms with Crippen LogP contribution < -0.4 is 0 Å². The monoisotopic (exact) mass is 315 g/mol. The summed E-state index contributed by atoms with van der Waals surface area (Å²) in [5, 5.41) is 9.66. The Bertz CT molecular complexity index is 411. The lowest BCUT2D eigenvalue weighted by Gasteiger charge is -2.34. The van der Waals surface area contributed by atoms with Gasteiger partial charge in [-0.1, -0.05) is 15.9 Å². The van der Waals surface area contributed by atoms with E-state index in [1.807, 2.05) is 6.92 Å². The van der Waals surface area contributed by atoms with Gasteiger partial charge in [-0.25, -0.2) is 4.39 Å². The molecule has 18 heavy (non-hydrogen) atoms. The first-order chi connectivity index (χ1) is 8.56. The van der Waals surface area contributed by atoms with Gasteiger partial charge in [0.25, 0.3) is 0 Å². The second-order valence-electron chi connectivity index (χ2n) is 5.11. The SMILES string of the molecule is CC(O)C1CCCN(Cc2cc(F)ccc2Br)C1. The van der Waals surface area contributed by atoms with Crippen LogP contribution in [0.1, 0.15) is 25.3 Å². The number of rotatable bonds is 3. The fourth-order valence-electron chi connectivity index (χ4n) is 2.53. The van der Waals surface area contributed by atoms with Crippen molar-refractivity contribution in [2.75, 3.05) is 13.1 Å². The molecule has 1 aromatic rings. The highest BCUT2D eigenvalue weighted by atomic mass is 79.9. The highest BCUT2D eigenvalue weighted by Crippen LogP contribution is 2.24. The van der Waals surface area contributed by atoms with Gasteiger partial charge in [0.15, 0.2) is 0 Å². The van der Waals surface area contributed by atoms with E-state index in [1.165, 1.54) is 6.07 Å². The van der Waals surface area contributed by atoms with Crippen LogP contribution in [0.15, 0.2) is 22.7 Å². The number of hydrogen-bond donors (Lipinski definition) is 1. The van der Waals surface area contributed by atoms with E-state index in [2.05, 4.69) is 20.8 Å². The highest BCUT2D eigenvalue weighted by molar-refractivity contribution is 9.10. The van der Waals surface area contributed by atoms with Gasteiger partial charge in [-0.15, -0.1) is 0 Å². The molecule has 0 amide bonds. The number of halogens is 2. The molecular formula is C14H19BrFNO. The molecule has 0 radical (unpaired) electrons. The van der Waals surface area contributed by atoms with E-state index in [9.17, 15) is 9.50 Å². The topological polar surface area (TPSA) is 23.5 Å². The van der Waals surface area contributed by atoms with Crippen molar-refractivity contribution in [2.45, 2.75) is 32.4 Å². The molecule has 1 fully saturated rings. The first kappa shape index (κ1) is 14.0. The van der Waals surface area contributed by atoms with Crippen molar-refractivity contribution < 1.29 is 9.50 Å². The van der Waals surface area contributed by atoms with Crippen LogP contribution in [-0.2, 0) is 6.54 Å². The van der Waals surface area contributed by atoms with Crippen molar-refractivity contribution >= 4 is 15.9 Å². The first-order valence-corrected chi connectivity index (χ1v) is 7.20. The number of nitrogens with zero attached hydrogens (tertiary/aromatic N) is 1. The van der Waals surface area contributed by atoms with Crippen molar-refractivity contribution in [3.05, 3.63) is 34.1 Å². The molecule has 1 aliphatic rings. The Kier molecular flexibility index (Phi) is 4.76. The third-order valence-electron chi connectivity index (χ3n) is 3.63. The molecular weight excluding hydrogens is 297 g/mol. The van der Waals surface area contributed by atoms with Gasteiger partial charge in [0.2, 0.25) is 0 Å². The van der Waals surface area contributed by atoms with Crippen LogP contribution in [0, 0.1) is 11.7 Å². The molecule has 2 rings (SSSR count). The van der Waals surface area contributed by atoms with E-state index in [-0.39, 0.29) is 11.9 Å². The van der Waals surface area contributed by atoms with E-state index < -0.39 is 0 Å². The van der Waals surface area contributed by atoms with Gasteiger partial charge in [-0.3, -0.25) is 4.90 Å². The summed E-state index contributed by atoms with van der Waals surface area (Å²) in [6, 6.07) is 4.79. The average molecular weight is 316 g/mol. The molecule has 1 heterocycles. The zero-order valence-electron chi connectivity index (χ0n) is 10.6. The molecule has 1 aromatic carbocycles. The zero-order valence-corrected chi connectivity index (χ0v) is 12.2. The molecule has 4 heteroatoms. The fraction of sp³-hybridized carbons (Fsp3) is 0.571. The van der Waals surface area contributed by atoms with Crippen LogP contribution in [0.3, 0.4) is 0 Å². The van der Waals surface area contributed by atoms with Gasteiger partial charge < -0.3 is 5.11 Å². The number of aliphatic hydroxyl groups excluding tert-OH is 1. The standard InChI is InChI=1S/C14H19BrFNO/c1-10(18)11-3-2-6-17(8-11)9-12-7-13(16)4-5-14(12)15/h4-5,7,10-11,18H,2-3,6,8-9H2,1H3. The Morgan fingerprint density at radius 1 is 1.56 bits per heavy atom. The zero-order chi connectivity index (χ0) is 13.1. The summed E-state index contributed by atoms with van der Waals surface area (Å²) >= 11 is 3.46. The number of likely N-dealkylation sites (tertiary alicyclic amines) is 1. The van der Waals surface area contributed by atoms with Gasteiger partial charge in [0.1, 0.15) is 5.82 Å². The maximum atomic E-state index is 13.2. The molecule has 0 saturated carbocycles. The van der Waals surface area contributed by atoms with E-state index in [0.717, 1.165) is 42.5 Å². The first-order valence-electron chi connectivity index (χ1n) is 6.40. The quantitative estimate of drug-likeness (QED) is 0.926. The molecule has 1 saturated heterocycles. The summed E-state index contributed by atoms with van der Waals surface area (Å²) in [5.74, 6) is 0.142. The lowest BCUT2D eigenvalue weighted by atomic mass is 9.93. The van der Waals surface area contributed by atoms with Gasteiger partial charge in [-0.2, -0.15) is 0 Å². The average Bonchev–Trinajstić information content (AvgIpc) is 2.34. The molecule has 0 bridgehead atoms. The number of benzene rings is 1. The Labute approximate surface area is 116 Å². The third-order valence-corrected chi connectivity index (χ3v) is 4.40.